The van der Waals surface area contributed by atoms with E-state index >= 15 is 0 Å². The summed E-state index contributed by atoms with van der Waals surface area (Å²) in [5.41, 5.74) is 1.17. The number of rotatable bonds is 2. The second-order valence-corrected chi connectivity index (χ2v) is 7.58. The van der Waals surface area contributed by atoms with Crippen LogP contribution in [0.25, 0.3) is 0 Å². The molecule has 2 rings (SSSR count). The zero-order valence-corrected chi connectivity index (χ0v) is 10.6. The highest BCUT2D eigenvalue weighted by Gasteiger charge is 2.36. The van der Waals surface area contributed by atoms with Gasteiger partial charge >= 0.3 is 0 Å². The van der Waals surface area contributed by atoms with E-state index in [2.05, 4.69) is 0 Å². The van der Waals surface area contributed by atoms with Gasteiger partial charge in [-0.3, -0.25) is 0 Å². The monoisotopic (exact) mass is 258 g/mol. The molecule has 2 atom stereocenters. The van der Waals surface area contributed by atoms with Crippen LogP contribution in [0, 0.1) is 6.92 Å². The highest BCUT2D eigenvalue weighted by atomic mass is 32.2. The summed E-state index contributed by atoms with van der Waals surface area (Å²) in [7, 11) is -3.04. The first kappa shape index (κ1) is 12.0. The third-order valence-electron chi connectivity index (χ3n) is 2.58. The molecule has 0 aliphatic carbocycles. The summed E-state index contributed by atoms with van der Waals surface area (Å²) in [6.45, 7) is 2.00. The fraction of sp³-hybridized carbons (Fsp3) is 0.455. The maximum absolute atomic E-state index is 11.3. The highest BCUT2D eigenvalue weighted by Crippen LogP contribution is 2.31. The van der Waals surface area contributed by atoms with E-state index in [1.165, 1.54) is 17.3 Å². The highest BCUT2D eigenvalue weighted by molar-refractivity contribution is 8.02. The van der Waals surface area contributed by atoms with Crippen LogP contribution in [0.4, 0.5) is 0 Å². The molecule has 0 amide bonds. The Kier molecular flexibility index (Phi) is 3.28. The SMILES string of the molecule is Cc1ccc(SC2CS(=O)(=O)CC2O)cc1. The maximum atomic E-state index is 11.3. The molecule has 0 aromatic heterocycles. The number of aryl methyl sites for hydroxylation is 1. The van der Waals surface area contributed by atoms with E-state index in [1.54, 1.807) is 0 Å². The summed E-state index contributed by atoms with van der Waals surface area (Å²) in [6.07, 6.45) is -0.740. The van der Waals surface area contributed by atoms with Crippen LogP contribution in [0.15, 0.2) is 29.2 Å². The molecule has 88 valence electrons. The quantitative estimate of drug-likeness (QED) is 0.867. The number of sulfone groups is 1. The van der Waals surface area contributed by atoms with Crippen LogP contribution in [0.1, 0.15) is 5.56 Å². The number of hydrogen-bond donors (Lipinski definition) is 1. The van der Waals surface area contributed by atoms with Gasteiger partial charge in [0, 0.05) is 4.90 Å². The lowest BCUT2D eigenvalue weighted by molar-refractivity contribution is 0.207. The van der Waals surface area contributed by atoms with Crippen molar-refractivity contribution in [2.45, 2.75) is 23.2 Å². The van der Waals surface area contributed by atoms with Gasteiger partial charge in [0.25, 0.3) is 0 Å². The van der Waals surface area contributed by atoms with E-state index in [0.717, 1.165) is 4.90 Å². The smallest absolute Gasteiger partial charge is 0.154 e. The van der Waals surface area contributed by atoms with Crippen LogP contribution >= 0.6 is 11.8 Å². The molecule has 1 aromatic carbocycles. The number of benzene rings is 1. The minimum atomic E-state index is -3.04. The Morgan fingerprint density at radius 1 is 1.25 bits per heavy atom. The van der Waals surface area contributed by atoms with Gasteiger partial charge in [-0.2, -0.15) is 0 Å². The van der Waals surface area contributed by atoms with Crippen LogP contribution in [0.2, 0.25) is 0 Å². The van der Waals surface area contributed by atoms with E-state index in [9.17, 15) is 13.5 Å². The van der Waals surface area contributed by atoms with Crippen LogP contribution in [0.3, 0.4) is 0 Å². The zero-order chi connectivity index (χ0) is 11.8. The summed E-state index contributed by atoms with van der Waals surface area (Å²) < 4.78 is 22.6. The molecule has 0 spiro atoms. The van der Waals surface area contributed by atoms with E-state index < -0.39 is 15.9 Å². The van der Waals surface area contributed by atoms with Gasteiger partial charge in [0.15, 0.2) is 9.84 Å². The predicted octanol–water partition coefficient (Wildman–Crippen LogP) is 1.25. The summed E-state index contributed by atoms with van der Waals surface area (Å²) in [6, 6.07) is 7.88. The van der Waals surface area contributed by atoms with E-state index in [-0.39, 0.29) is 16.8 Å². The zero-order valence-electron chi connectivity index (χ0n) is 8.96. The van der Waals surface area contributed by atoms with Gasteiger partial charge < -0.3 is 5.11 Å². The minimum Gasteiger partial charge on any atom is -0.391 e. The fourth-order valence-electron chi connectivity index (χ4n) is 1.70. The van der Waals surface area contributed by atoms with Crippen LogP contribution < -0.4 is 0 Å². The number of aliphatic hydroxyl groups is 1. The van der Waals surface area contributed by atoms with Crippen molar-refractivity contribution < 1.29 is 13.5 Å². The topological polar surface area (TPSA) is 54.4 Å². The Balaban J connectivity index is 2.08. The van der Waals surface area contributed by atoms with Crippen molar-refractivity contribution in [2.24, 2.45) is 0 Å². The minimum absolute atomic E-state index is 0.0761. The molecule has 16 heavy (non-hydrogen) atoms. The van der Waals surface area contributed by atoms with Crippen molar-refractivity contribution in [3.8, 4) is 0 Å². The molecule has 1 aliphatic heterocycles. The largest absolute Gasteiger partial charge is 0.391 e. The normalized spacial score (nSPS) is 28.1. The Hall–Kier alpha value is -0.520. The van der Waals surface area contributed by atoms with Crippen molar-refractivity contribution in [3.05, 3.63) is 29.8 Å². The molecular formula is C11H14O3S2. The molecule has 0 bridgehead atoms. The molecular weight excluding hydrogens is 244 g/mol. The first-order valence-corrected chi connectivity index (χ1v) is 7.78. The van der Waals surface area contributed by atoms with Crippen molar-refractivity contribution in [2.75, 3.05) is 11.5 Å². The van der Waals surface area contributed by atoms with Gasteiger partial charge in [0.1, 0.15) is 0 Å². The molecule has 5 heteroatoms. The molecule has 2 unspecified atom stereocenters. The third kappa shape index (κ3) is 2.78. The molecule has 1 heterocycles. The lowest BCUT2D eigenvalue weighted by atomic mass is 10.2. The Labute approximate surface area is 99.8 Å². The van der Waals surface area contributed by atoms with Crippen molar-refractivity contribution >= 4 is 21.6 Å². The van der Waals surface area contributed by atoms with Gasteiger partial charge in [-0.25, -0.2) is 8.42 Å². The average Bonchev–Trinajstić information content (AvgIpc) is 2.44. The Morgan fingerprint density at radius 3 is 2.38 bits per heavy atom. The number of thioether (sulfide) groups is 1. The molecule has 3 nitrogen and oxygen atoms in total. The number of hydrogen-bond acceptors (Lipinski definition) is 4. The molecule has 0 radical (unpaired) electrons. The lowest BCUT2D eigenvalue weighted by Crippen LogP contribution is -2.19. The van der Waals surface area contributed by atoms with Crippen molar-refractivity contribution in [3.63, 3.8) is 0 Å². The maximum Gasteiger partial charge on any atom is 0.154 e. The van der Waals surface area contributed by atoms with Gasteiger partial charge in [-0.1, -0.05) is 17.7 Å². The molecule has 1 fully saturated rings. The first-order valence-electron chi connectivity index (χ1n) is 5.08. The van der Waals surface area contributed by atoms with Crippen molar-refractivity contribution in [1.82, 2.24) is 0 Å². The third-order valence-corrected chi connectivity index (χ3v) is 5.84. The molecule has 1 aromatic rings. The second kappa shape index (κ2) is 4.39. The molecule has 0 saturated carbocycles. The molecule has 1 aliphatic rings. The summed E-state index contributed by atoms with van der Waals surface area (Å²) in [4.78, 5) is 1.01. The fourth-order valence-corrected chi connectivity index (χ4v) is 5.22. The Morgan fingerprint density at radius 2 is 1.88 bits per heavy atom. The van der Waals surface area contributed by atoms with Gasteiger partial charge in [0.05, 0.1) is 22.9 Å². The second-order valence-electron chi connectivity index (χ2n) is 4.11. The van der Waals surface area contributed by atoms with E-state index in [4.69, 9.17) is 0 Å². The molecule has 1 saturated heterocycles. The first-order chi connectivity index (χ1) is 7.46. The van der Waals surface area contributed by atoms with E-state index in [1.807, 2.05) is 31.2 Å². The van der Waals surface area contributed by atoms with Crippen LogP contribution in [0.5, 0.6) is 0 Å². The average molecular weight is 258 g/mol. The van der Waals surface area contributed by atoms with Gasteiger partial charge in [-0.05, 0) is 19.1 Å². The van der Waals surface area contributed by atoms with E-state index in [0.29, 0.717) is 0 Å². The molecule has 1 N–H and O–H groups in total. The lowest BCUT2D eigenvalue weighted by Gasteiger charge is -2.11. The summed E-state index contributed by atoms with van der Waals surface area (Å²) in [5.74, 6) is -0.0246. The number of aliphatic hydroxyl groups excluding tert-OH is 1. The predicted molar refractivity (Wildman–Crippen MR) is 65.5 cm³/mol. The Bertz CT molecular complexity index is 465. The van der Waals surface area contributed by atoms with Gasteiger partial charge in [0.2, 0.25) is 0 Å². The summed E-state index contributed by atoms with van der Waals surface area (Å²) in [5, 5.41) is 9.41. The van der Waals surface area contributed by atoms with Crippen LogP contribution in [-0.4, -0.2) is 36.4 Å². The van der Waals surface area contributed by atoms with Gasteiger partial charge in [-0.15, -0.1) is 11.8 Å². The standard InChI is InChI=1S/C11H14O3S2/c1-8-2-4-9(5-3-8)15-11-7-16(13,14)6-10(11)12/h2-5,10-12H,6-7H2,1H3. The van der Waals surface area contributed by atoms with Crippen LogP contribution in [-0.2, 0) is 9.84 Å². The summed E-state index contributed by atoms with van der Waals surface area (Å²) >= 11 is 1.44. The van der Waals surface area contributed by atoms with Crippen molar-refractivity contribution in [1.29, 1.82) is 0 Å².